The number of likely N-dealkylation sites (N-methyl/N-ethyl adjacent to an activating group) is 1. The van der Waals surface area contributed by atoms with Crippen molar-refractivity contribution >= 4 is 5.82 Å². The first-order chi connectivity index (χ1) is 10.3. The van der Waals surface area contributed by atoms with Crippen molar-refractivity contribution in [2.45, 2.75) is 32.2 Å². The number of pyridine rings is 1. The maximum atomic E-state index is 4.71. The summed E-state index contributed by atoms with van der Waals surface area (Å²) in [6, 6.07) is 4.36. The third kappa shape index (κ3) is 3.95. The number of nitrogens with zero attached hydrogens (tertiary/aromatic N) is 4. The summed E-state index contributed by atoms with van der Waals surface area (Å²) in [6.45, 7) is 8.10. The van der Waals surface area contributed by atoms with E-state index < -0.39 is 0 Å². The Balaban J connectivity index is 1.69. The van der Waals surface area contributed by atoms with Crippen LogP contribution >= 0.6 is 0 Å². The lowest BCUT2D eigenvalue weighted by atomic mass is 10.2. The van der Waals surface area contributed by atoms with Gasteiger partial charge in [-0.1, -0.05) is 18.9 Å². The average Bonchev–Trinajstić information content (AvgIpc) is 2.79. The minimum Gasteiger partial charge on any atom is -0.356 e. The summed E-state index contributed by atoms with van der Waals surface area (Å²) in [5.41, 5.74) is 1.41. The van der Waals surface area contributed by atoms with Crippen molar-refractivity contribution < 1.29 is 0 Å². The van der Waals surface area contributed by atoms with Crippen LogP contribution in [-0.2, 0) is 6.54 Å². The minimum absolute atomic E-state index is 1.05. The molecule has 21 heavy (non-hydrogen) atoms. The van der Waals surface area contributed by atoms with Crippen LogP contribution in [0.15, 0.2) is 18.3 Å². The second-order valence-electron chi connectivity index (χ2n) is 6.47. The van der Waals surface area contributed by atoms with Gasteiger partial charge in [-0.3, -0.25) is 4.90 Å². The fourth-order valence-electron chi connectivity index (χ4n) is 3.37. The van der Waals surface area contributed by atoms with Gasteiger partial charge in [-0.25, -0.2) is 4.98 Å². The van der Waals surface area contributed by atoms with Crippen molar-refractivity contribution in [2.24, 2.45) is 0 Å². The van der Waals surface area contributed by atoms with Gasteiger partial charge in [-0.2, -0.15) is 0 Å². The largest absolute Gasteiger partial charge is 0.356 e. The van der Waals surface area contributed by atoms with Gasteiger partial charge in [0.2, 0.25) is 0 Å². The SMILES string of the molecule is CN1CCN(Cc2cccnc2N2CCCCCC2)CC1. The van der Waals surface area contributed by atoms with E-state index in [2.05, 4.69) is 33.9 Å². The summed E-state index contributed by atoms with van der Waals surface area (Å²) in [7, 11) is 2.21. The zero-order valence-corrected chi connectivity index (χ0v) is 13.3. The highest BCUT2D eigenvalue weighted by molar-refractivity contribution is 5.46. The quantitative estimate of drug-likeness (QED) is 0.850. The van der Waals surface area contributed by atoms with Gasteiger partial charge in [0, 0.05) is 57.6 Å². The van der Waals surface area contributed by atoms with Crippen molar-refractivity contribution in [3.63, 3.8) is 0 Å². The van der Waals surface area contributed by atoms with Crippen LogP contribution < -0.4 is 4.90 Å². The molecule has 0 radical (unpaired) electrons. The van der Waals surface area contributed by atoms with Crippen molar-refractivity contribution in [1.29, 1.82) is 0 Å². The van der Waals surface area contributed by atoms with Gasteiger partial charge in [0.15, 0.2) is 0 Å². The van der Waals surface area contributed by atoms with Crippen LogP contribution in [0.5, 0.6) is 0 Å². The molecule has 1 aromatic heterocycles. The first kappa shape index (κ1) is 14.8. The third-order valence-electron chi connectivity index (χ3n) is 4.76. The highest BCUT2D eigenvalue weighted by atomic mass is 15.3. The normalized spacial score (nSPS) is 22.2. The Morgan fingerprint density at radius 3 is 2.38 bits per heavy atom. The lowest BCUT2D eigenvalue weighted by Gasteiger charge is -2.33. The molecule has 3 rings (SSSR count). The van der Waals surface area contributed by atoms with E-state index in [0.29, 0.717) is 0 Å². The monoisotopic (exact) mass is 288 g/mol. The first-order valence-electron chi connectivity index (χ1n) is 8.43. The van der Waals surface area contributed by atoms with E-state index in [1.165, 1.54) is 76.3 Å². The maximum Gasteiger partial charge on any atom is 0.133 e. The summed E-state index contributed by atoms with van der Waals surface area (Å²) in [6.07, 6.45) is 7.32. The molecule has 2 aliphatic rings. The fourth-order valence-corrected chi connectivity index (χ4v) is 3.37. The molecule has 0 N–H and O–H groups in total. The van der Waals surface area contributed by atoms with Gasteiger partial charge in [0.05, 0.1) is 0 Å². The summed E-state index contributed by atoms with van der Waals surface area (Å²) in [4.78, 5) is 12.2. The lowest BCUT2D eigenvalue weighted by Crippen LogP contribution is -2.44. The van der Waals surface area contributed by atoms with Crippen LogP contribution in [0.1, 0.15) is 31.2 Å². The second kappa shape index (κ2) is 7.23. The molecule has 0 aliphatic carbocycles. The molecule has 116 valence electrons. The molecule has 0 atom stereocenters. The first-order valence-corrected chi connectivity index (χ1v) is 8.43. The average molecular weight is 288 g/mol. The van der Waals surface area contributed by atoms with Crippen LogP contribution in [0, 0.1) is 0 Å². The summed E-state index contributed by atoms with van der Waals surface area (Å²) >= 11 is 0. The topological polar surface area (TPSA) is 22.6 Å². The zero-order valence-electron chi connectivity index (χ0n) is 13.3. The number of piperazine rings is 1. The Bertz CT molecular complexity index is 432. The van der Waals surface area contributed by atoms with Crippen molar-refractivity contribution in [3.8, 4) is 0 Å². The molecule has 0 spiro atoms. The van der Waals surface area contributed by atoms with Crippen LogP contribution in [0.4, 0.5) is 5.82 Å². The standard InChI is InChI=1S/C17H28N4/c1-19-11-13-20(14-12-19)15-16-7-6-8-18-17(16)21-9-4-2-3-5-10-21/h6-8H,2-5,9-15H2,1H3. The Hall–Kier alpha value is -1.13. The fraction of sp³-hybridized carbons (Fsp3) is 0.706. The van der Waals surface area contributed by atoms with E-state index in [1.807, 2.05) is 6.20 Å². The highest BCUT2D eigenvalue weighted by Gasteiger charge is 2.18. The molecule has 0 unspecified atom stereocenters. The lowest BCUT2D eigenvalue weighted by molar-refractivity contribution is 0.148. The summed E-state index contributed by atoms with van der Waals surface area (Å²) < 4.78 is 0. The molecule has 0 bridgehead atoms. The molecular weight excluding hydrogens is 260 g/mol. The molecule has 2 saturated heterocycles. The minimum atomic E-state index is 1.05. The number of hydrogen-bond donors (Lipinski definition) is 0. The van der Waals surface area contributed by atoms with Gasteiger partial charge in [0.1, 0.15) is 5.82 Å². The Morgan fingerprint density at radius 2 is 1.67 bits per heavy atom. The number of hydrogen-bond acceptors (Lipinski definition) is 4. The molecule has 1 aromatic rings. The smallest absolute Gasteiger partial charge is 0.133 e. The van der Waals surface area contributed by atoms with Gasteiger partial charge in [0.25, 0.3) is 0 Å². The summed E-state index contributed by atoms with van der Waals surface area (Å²) in [5, 5.41) is 0. The van der Waals surface area contributed by atoms with Gasteiger partial charge >= 0.3 is 0 Å². The van der Waals surface area contributed by atoms with Gasteiger partial charge < -0.3 is 9.80 Å². The second-order valence-corrected chi connectivity index (χ2v) is 6.47. The molecule has 2 fully saturated rings. The zero-order chi connectivity index (χ0) is 14.5. The molecule has 3 heterocycles. The Kier molecular flexibility index (Phi) is 5.09. The van der Waals surface area contributed by atoms with Gasteiger partial charge in [-0.05, 0) is 26.0 Å². The van der Waals surface area contributed by atoms with E-state index in [-0.39, 0.29) is 0 Å². The molecule has 4 heteroatoms. The summed E-state index contributed by atoms with van der Waals surface area (Å²) in [5.74, 6) is 1.23. The van der Waals surface area contributed by atoms with Crippen LogP contribution in [0.3, 0.4) is 0 Å². The van der Waals surface area contributed by atoms with Crippen molar-refractivity contribution in [1.82, 2.24) is 14.8 Å². The predicted octanol–water partition coefficient (Wildman–Crippen LogP) is 2.21. The van der Waals surface area contributed by atoms with E-state index in [4.69, 9.17) is 4.98 Å². The molecule has 0 saturated carbocycles. The molecule has 4 nitrogen and oxygen atoms in total. The van der Waals surface area contributed by atoms with Crippen LogP contribution in [0.2, 0.25) is 0 Å². The van der Waals surface area contributed by atoms with Gasteiger partial charge in [-0.15, -0.1) is 0 Å². The van der Waals surface area contributed by atoms with E-state index in [9.17, 15) is 0 Å². The van der Waals surface area contributed by atoms with Crippen molar-refractivity contribution in [2.75, 3.05) is 51.2 Å². The molecular formula is C17H28N4. The van der Waals surface area contributed by atoms with Crippen LogP contribution in [-0.4, -0.2) is 61.1 Å². The number of aromatic nitrogens is 1. The third-order valence-corrected chi connectivity index (χ3v) is 4.76. The van der Waals surface area contributed by atoms with Crippen molar-refractivity contribution in [3.05, 3.63) is 23.9 Å². The van der Waals surface area contributed by atoms with E-state index >= 15 is 0 Å². The van der Waals surface area contributed by atoms with E-state index in [1.54, 1.807) is 0 Å². The molecule has 0 amide bonds. The number of rotatable bonds is 3. The molecule has 2 aliphatic heterocycles. The molecule has 0 aromatic carbocycles. The highest BCUT2D eigenvalue weighted by Crippen LogP contribution is 2.22. The number of anilines is 1. The maximum absolute atomic E-state index is 4.71. The van der Waals surface area contributed by atoms with E-state index in [0.717, 1.165) is 6.54 Å². The Labute approximate surface area is 128 Å². The predicted molar refractivity (Wildman–Crippen MR) is 87.7 cm³/mol. The Morgan fingerprint density at radius 1 is 0.952 bits per heavy atom. The van der Waals surface area contributed by atoms with Crippen LogP contribution in [0.25, 0.3) is 0 Å².